The lowest BCUT2D eigenvalue weighted by atomic mass is 10.1. The van der Waals surface area contributed by atoms with Crippen molar-refractivity contribution >= 4 is 18.3 Å². The van der Waals surface area contributed by atoms with E-state index >= 15 is 0 Å². The fourth-order valence-electron chi connectivity index (χ4n) is 1.73. The summed E-state index contributed by atoms with van der Waals surface area (Å²) in [4.78, 5) is 16.0. The molecule has 1 heterocycles. The molecule has 94 valence electrons. The van der Waals surface area contributed by atoms with E-state index in [1.807, 2.05) is 30.3 Å². The van der Waals surface area contributed by atoms with Crippen LogP contribution in [0.25, 0.3) is 11.3 Å². The number of H-pyrrole nitrogens is 1. The third kappa shape index (κ3) is 2.56. The molecule has 1 aromatic carbocycles. The van der Waals surface area contributed by atoms with Gasteiger partial charge in [0, 0.05) is 23.6 Å². The molecule has 1 aromatic heterocycles. The van der Waals surface area contributed by atoms with E-state index < -0.39 is 5.63 Å². The second-order valence-corrected chi connectivity index (χ2v) is 4.25. The number of nitrogens with one attached hydrogen (secondary N) is 1. The Hall–Kier alpha value is -1.75. The maximum atomic E-state index is 11.7. The second-order valence-electron chi connectivity index (χ2n) is 3.80. The third-order valence-corrected chi connectivity index (χ3v) is 2.77. The Kier molecular flexibility index (Phi) is 4.04. The highest BCUT2D eigenvalue weighted by Crippen LogP contribution is 2.19. The summed E-state index contributed by atoms with van der Waals surface area (Å²) < 4.78 is 4.87. The number of hydrogen-bond acceptors (Lipinski definition) is 4. The van der Waals surface area contributed by atoms with Gasteiger partial charge >= 0.3 is 5.63 Å². The molecule has 0 saturated heterocycles. The summed E-state index contributed by atoms with van der Waals surface area (Å²) in [5, 5.41) is 2.66. The molecule has 0 amide bonds. The van der Waals surface area contributed by atoms with Gasteiger partial charge in [0.05, 0.1) is 5.69 Å². The summed E-state index contributed by atoms with van der Waals surface area (Å²) >= 11 is 4.10. The average Bonchev–Trinajstić information content (AvgIpc) is 2.79. The van der Waals surface area contributed by atoms with E-state index in [4.69, 9.17) is 4.52 Å². The highest BCUT2D eigenvalue weighted by Gasteiger charge is 2.16. The number of thiol groups is 1. The van der Waals surface area contributed by atoms with Gasteiger partial charge in [-0.2, -0.15) is 12.6 Å². The predicted molar refractivity (Wildman–Crippen MR) is 75.7 cm³/mol. The fraction of sp³-hybridized carbons (Fsp3) is 0.231. The number of benzene rings is 1. The van der Waals surface area contributed by atoms with Gasteiger partial charge in [0.1, 0.15) is 5.56 Å². The third-order valence-electron chi connectivity index (χ3n) is 2.57. The molecule has 0 atom stereocenters. The minimum Gasteiger partial charge on any atom is -0.338 e. The normalized spacial score (nSPS) is 11.8. The van der Waals surface area contributed by atoms with Crippen LogP contribution in [0.5, 0.6) is 0 Å². The highest BCUT2D eigenvalue weighted by atomic mass is 32.1. The van der Waals surface area contributed by atoms with E-state index in [0.29, 0.717) is 29.3 Å². The molecular formula is C13H14N2O2S. The molecule has 5 heteroatoms. The Morgan fingerprint density at radius 1 is 1.39 bits per heavy atom. The van der Waals surface area contributed by atoms with E-state index in [0.717, 1.165) is 5.56 Å². The van der Waals surface area contributed by atoms with E-state index in [-0.39, 0.29) is 0 Å². The van der Waals surface area contributed by atoms with Crippen molar-refractivity contribution in [1.29, 1.82) is 0 Å². The number of aromatic amines is 1. The molecule has 2 rings (SSSR count). The lowest BCUT2D eigenvalue weighted by Crippen LogP contribution is -2.09. The molecule has 0 aliphatic carbocycles. The van der Waals surface area contributed by atoms with Gasteiger partial charge in [-0.25, -0.2) is 9.95 Å². The first-order chi connectivity index (χ1) is 8.74. The quantitative estimate of drug-likeness (QED) is 0.656. The smallest absolute Gasteiger partial charge is 0.338 e. The van der Waals surface area contributed by atoms with Gasteiger partial charge in [0.25, 0.3) is 0 Å². The molecule has 0 bridgehead atoms. The molecule has 0 radical (unpaired) electrons. The molecule has 0 unspecified atom stereocenters. The van der Waals surface area contributed by atoms with Crippen LogP contribution in [0.2, 0.25) is 0 Å². The Morgan fingerprint density at radius 3 is 2.78 bits per heavy atom. The molecule has 0 aliphatic heterocycles. The number of aromatic nitrogens is 1. The Morgan fingerprint density at radius 2 is 2.11 bits per heavy atom. The van der Waals surface area contributed by atoms with E-state index in [1.165, 1.54) is 0 Å². The summed E-state index contributed by atoms with van der Waals surface area (Å²) in [5.74, 6) is 0.647. The summed E-state index contributed by atoms with van der Waals surface area (Å²) in [7, 11) is 0. The van der Waals surface area contributed by atoms with E-state index in [9.17, 15) is 4.79 Å². The molecule has 4 nitrogen and oxygen atoms in total. The van der Waals surface area contributed by atoms with Crippen molar-refractivity contribution in [2.24, 2.45) is 4.99 Å². The van der Waals surface area contributed by atoms with Crippen LogP contribution in [0, 0.1) is 0 Å². The van der Waals surface area contributed by atoms with Crippen molar-refractivity contribution in [2.45, 2.75) is 6.92 Å². The lowest BCUT2D eigenvalue weighted by Gasteiger charge is -2.01. The van der Waals surface area contributed by atoms with Crippen molar-refractivity contribution in [1.82, 2.24) is 5.16 Å². The zero-order valence-electron chi connectivity index (χ0n) is 10.0. The topological polar surface area (TPSA) is 58.4 Å². The fourth-order valence-corrected chi connectivity index (χ4v) is 1.83. The largest absolute Gasteiger partial charge is 0.366 e. The van der Waals surface area contributed by atoms with Gasteiger partial charge in [-0.05, 0) is 6.92 Å². The Bertz CT molecular complexity index is 599. The summed E-state index contributed by atoms with van der Waals surface area (Å²) in [5.41, 5.74) is 2.33. The van der Waals surface area contributed by atoms with Gasteiger partial charge in [-0.1, -0.05) is 30.3 Å². The Labute approximate surface area is 110 Å². The lowest BCUT2D eigenvalue weighted by molar-refractivity contribution is 0.393. The van der Waals surface area contributed by atoms with Crippen molar-refractivity contribution < 1.29 is 4.52 Å². The zero-order valence-corrected chi connectivity index (χ0v) is 10.9. The predicted octanol–water partition coefficient (Wildman–Crippen LogP) is 2.37. The van der Waals surface area contributed by atoms with Crippen LogP contribution in [0.3, 0.4) is 0 Å². The van der Waals surface area contributed by atoms with Crippen molar-refractivity contribution in [2.75, 3.05) is 12.3 Å². The number of aliphatic imine (C=N–C) groups is 1. The van der Waals surface area contributed by atoms with Crippen molar-refractivity contribution in [3.8, 4) is 11.3 Å². The van der Waals surface area contributed by atoms with Gasteiger partial charge in [-0.15, -0.1) is 0 Å². The minimum atomic E-state index is -0.394. The minimum absolute atomic E-state index is 0.394. The first-order valence-corrected chi connectivity index (χ1v) is 6.26. The molecule has 0 fully saturated rings. The van der Waals surface area contributed by atoms with Crippen LogP contribution in [0.15, 0.2) is 44.6 Å². The highest BCUT2D eigenvalue weighted by molar-refractivity contribution is 7.80. The zero-order chi connectivity index (χ0) is 13.0. The first-order valence-electron chi connectivity index (χ1n) is 5.63. The van der Waals surface area contributed by atoms with Crippen LogP contribution in [0.1, 0.15) is 12.5 Å². The maximum Gasteiger partial charge on any atom is 0.366 e. The molecule has 0 aliphatic rings. The standard InChI is InChI=1S/C13H14N2O2S/c1-9(14-7-8-18)11-12(15-17-13(11)16)10-5-3-2-4-6-10/h2-6,15,18H,7-8H2,1H3. The van der Waals surface area contributed by atoms with Gasteiger partial charge in [0.2, 0.25) is 0 Å². The maximum absolute atomic E-state index is 11.7. The number of rotatable bonds is 4. The van der Waals surface area contributed by atoms with Crippen LogP contribution in [-0.2, 0) is 0 Å². The van der Waals surface area contributed by atoms with Gasteiger partial charge in [0.15, 0.2) is 0 Å². The number of nitrogens with zero attached hydrogens (tertiary/aromatic N) is 1. The summed E-state index contributed by atoms with van der Waals surface area (Å²) in [6, 6.07) is 9.56. The average molecular weight is 262 g/mol. The number of hydrogen-bond donors (Lipinski definition) is 2. The van der Waals surface area contributed by atoms with E-state index in [1.54, 1.807) is 6.92 Å². The van der Waals surface area contributed by atoms with Crippen LogP contribution in [0.4, 0.5) is 0 Å². The van der Waals surface area contributed by atoms with Gasteiger partial charge in [-0.3, -0.25) is 4.99 Å². The SMILES string of the molecule is CC(=NCCS)c1c(-c2ccccc2)[nH]oc1=O. The first kappa shape index (κ1) is 12.7. The molecule has 2 aromatic rings. The van der Waals surface area contributed by atoms with Crippen LogP contribution >= 0.6 is 12.6 Å². The van der Waals surface area contributed by atoms with Crippen molar-refractivity contribution in [3.05, 3.63) is 46.3 Å². The Balaban J connectivity index is 2.49. The van der Waals surface area contributed by atoms with Crippen molar-refractivity contribution in [3.63, 3.8) is 0 Å². The molecule has 18 heavy (non-hydrogen) atoms. The monoisotopic (exact) mass is 262 g/mol. The van der Waals surface area contributed by atoms with E-state index in [2.05, 4.69) is 22.8 Å². The molecule has 1 N–H and O–H groups in total. The van der Waals surface area contributed by atoms with Gasteiger partial charge < -0.3 is 4.52 Å². The molecule has 0 saturated carbocycles. The summed E-state index contributed by atoms with van der Waals surface area (Å²) in [6.45, 7) is 2.38. The summed E-state index contributed by atoms with van der Waals surface area (Å²) in [6.07, 6.45) is 0. The molecular weight excluding hydrogens is 248 g/mol. The van der Waals surface area contributed by atoms with Crippen LogP contribution in [-0.4, -0.2) is 23.2 Å². The van der Waals surface area contributed by atoms with Crippen LogP contribution < -0.4 is 5.63 Å². The molecule has 0 spiro atoms. The second kappa shape index (κ2) is 5.73.